The molecular weight excluding hydrogens is 210 g/mol. The van der Waals surface area contributed by atoms with E-state index in [-0.39, 0.29) is 5.16 Å². The lowest BCUT2D eigenvalue weighted by Crippen LogP contribution is -2.31. The van der Waals surface area contributed by atoms with E-state index in [1.807, 2.05) is 6.08 Å². The van der Waals surface area contributed by atoms with E-state index in [1.54, 1.807) is 0 Å². The van der Waals surface area contributed by atoms with Gasteiger partial charge < -0.3 is 0 Å². The maximum absolute atomic E-state index is 6.75. The Morgan fingerprint density at radius 1 is 1.31 bits per heavy atom. The van der Waals surface area contributed by atoms with Gasteiger partial charge in [0, 0.05) is 7.14 Å². The number of hydrogen-bond donors (Lipinski definition) is 0. The van der Waals surface area contributed by atoms with Gasteiger partial charge in [0.15, 0.2) is 0 Å². The first-order valence-corrected chi connectivity index (χ1v) is 7.71. The zero-order valence-corrected chi connectivity index (χ0v) is 11.7. The standard InChI is InChI=1S/C14H21BP/c1-6-11-16(15,14(3,4)5)13-10-8-7-9-12(13)2/h6-10H,1,11H2,2-5H3/q+1. The van der Waals surface area contributed by atoms with E-state index < -0.39 is 7.14 Å². The van der Waals surface area contributed by atoms with Crippen LogP contribution in [0.3, 0.4) is 0 Å². The molecule has 0 bridgehead atoms. The molecule has 2 heteroatoms. The summed E-state index contributed by atoms with van der Waals surface area (Å²) >= 11 is 0. The van der Waals surface area contributed by atoms with Crippen LogP contribution in [0.1, 0.15) is 26.3 Å². The zero-order valence-electron chi connectivity index (χ0n) is 10.8. The fourth-order valence-corrected chi connectivity index (χ4v) is 4.88. The summed E-state index contributed by atoms with van der Waals surface area (Å²) in [5.74, 6) is 0. The van der Waals surface area contributed by atoms with Gasteiger partial charge in [-0.05, 0) is 39.3 Å². The SMILES string of the molecule is [B][P+](CC=C)(c1ccccc1C)C(C)(C)C. The first-order chi connectivity index (χ1) is 7.33. The third-order valence-corrected chi connectivity index (χ3v) is 7.75. The predicted octanol–water partition coefficient (Wildman–Crippen LogP) is 3.71. The lowest BCUT2D eigenvalue weighted by Gasteiger charge is -2.36. The monoisotopic (exact) mass is 231 g/mol. The van der Waals surface area contributed by atoms with Gasteiger partial charge in [0.2, 0.25) is 0 Å². The first kappa shape index (κ1) is 13.5. The minimum atomic E-state index is -1.66. The van der Waals surface area contributed by atoms with Crippen LogP contribution in [0.25, 0.3) is 0 Å². The van der Waals surface area contributed by atoms with Crippen molar-refractivity contribution >= 4 is 20.0 Å². The number of aryl methyl sites for hydroxylation is 1. The quantitative estimate of drug-likeness (QED) is 0.422. The van der Waals surface area contributed by atoms with Crippen LogP contribution in [0.2, 0.25) is 0 Å². The normalized spacial score (nSPS) is 15.5. The van der Waals surface area contributed by atoms with Gasteiger partial charge in [0.05, 0.1) is 16.6 Å². The molecule has 0 aromatic heterocycles. The van der Waals surface area contributed by atoms with Gasteiger partial charge in [-0.15, -0.1) is 0 Å². The maximum atomic E-state index is 6.75. The van der Waals surface area contributed by atoms with Crippen molar-refractivity contribution in [3.63, 3.8) is 0 Å². The molecule has 0 N–H and O–H groups in total. The van der Waals surface area contributed by atoms with Crippen LogP contribution < -0.4 is 5.30 Å². The molecule has 0 spiro atoms. The van der Waals surface area contributed by atoms with E-state index >= 15 is 0 Å². The Balaban J connectivity index is 3.33. The Kier molecular flexibility index (Phi) is 4.02. The summed E-state index contributed by atoms with van der Waals surface area (Å²) in [6.07, 6.45) is 2.87. The van der Waals surface area contributed by atoms with E-state index in [4.69, 9.17) is 7.57 Å². The Labute approximate surface area is 102 Å². The molecule has 0 nitrogen and oxygen atoms in total. The molecule has 0 aliphatic carbocycles. The molecule has 0 amide bonds. The van der Waals surface area contributed by atoms with Gasteiger partial charge >= 0.3 is 7.57 Å². The third kappa shape index (κ3) is 2.41. The summed E-state index contributed by atoms with van der Waals surface area (Å²) in [4.78, 5) is 0. The highest BCUT2D eigenvalue weighted by molar-refractivity contribution is 8.04. The smallest absolute Gasteiger partial charge is 0.0996 e. The fraction of sp³-hybridized carbons (Fsp3) is 0.429. The van der Waals surface area contributed by atoms with Crippen LogP contribution in [0.4, 0.5) is 0 Å². The Morgan fingerprint density at radius 2 is 1.88 bits per heavy atom. The highest BCUT2D eigenvalue weighted by Gasteiger charge is 2.45. The second-order valence-corrected chi connectivity index (χ2v) is 9.22. The summed E-state index contributed by atoms with van der Waals surface area (Å²) in [5, 5.41) is 1.45. The summed E-state index contributed by atoms with van der Waals surface area (Å²) in [6.45, 7) is 12.7. The topological polar surface area (TPSA) is 0 Å². The largest absolute Gasteiger partial charge is 0.372 e. The fourth-order valence-electron chi connectivity index (χ4n) is 1.95. The molecule has 0 saturated carbocycles. The van der Waals surface area contributed by atoms with Crippen LogP contribution in [0, 0.1) is 6.92 Å². The molecule has 1 atom stereocenters. The second-order valence-electron chi connectivity index (χ2n) is 5.30. The molecule has 1 rings (SSSR count). The lowest BCUT2D eigenvalue weighted by atomic mass is 10.2. The van der Waals surface area contributed by atoms with Crippen molar-refractivity contribution in [3.05, 3.63) is 42.5 Å². The molecule has 0 fully saturated rings. The number of rotatable bonds is 3. The summed E-state index contributed by atoms with van der Waals surface area (Å²) in [7, 11) is 5.09. The van der Waals surface area contributed by atoms with Gasteiger partial charge in [0.25, 0.3) is 0 Å². The van der Waals surface area contributed by atoms with Gasteiger partial charge in [0.1, 0.15) is 0 Å². The molecule has 1 aromatic rings. The molecule has 2 radical (unpaired) electrons. The van der Waals surface area contributed by atoms with Crippen LogP contribution in [0.5, 0.6) is 0 Å². The van der Waals surface area contributed by atoms with Gasteiger partial charge in [-0.25, -0.2) is 0 Å². The molecule has 0 heterocycles. The molecule has 1 aromatic carbocycles. The van der Waals surface area contributed by atoms with E-state index in [0.717, 1.165) is 6.16 Å². The average Bonchev–Trinajstić information content (AvgIpc) is 2.16. The van der Waals surface area contributed by atoms with E-state index in [9.17, 15) is 0 Å². The molecule has 0 aliphatic heterocycles. The summed E-state index contributed by atoms with van der Waals surface area (Å²) in [6, 6.07) is 8.47. The second kappa shape index (κ2) is 4.76. The van der Waals surface area contributed by atoms with Crippen molar-refractivity contribution in [1.82, 2.24) is 0 Å². The van der Waals surface area contributed by atoms with E-state index in [2.05, 4.69) is 58.5 Å². The Bertz CT molecular complexity index is 379. The Morgan fingerprint density at radius 3 is 2.31 bits per heavy atom. The van der Waals surface area contributed by atoms with Crippen molar-refractivity contribution < 1.29 is 0 Å². The van der Waals surface area contributed by atoms with Gasteiger partial charge in [-0.3, -0.25) is 0 Å². The van der Waals surface area contributed by atoms with Crippen LogP contribution in [0.15, 0.2) is 36.9 Å². The number of allylic oxidation sites excluding steroid dienone is 1. The summed E-state index contributed by atoms with van der Waals surface area (Å²) in [5.41, 5.74) is 1.30. The molecule has 84 valence electrons. The van der Waals surface area contributed by atoms with Crippen molar-refractivity contribution in [1.29, 1.82) is 0 Å². The van der Waals surface area contributed by atoms with Crippen molar-refractivity contribution in [3.8, 4) is 0 Å². The molecular formula is C14H21BP+. The maximum Gasteiger partial charge on any atom is 0.372 e. The third-order valence-electron chi connectivity index (χ3n) is 3.16. The first-order valence-electron chi connectivity index (χ1n) is 5.67. The lowest BCUT2D eigenvalue weighted by molar-refractivity contribution is 0.784. The van der Waals surface area contributed by atoms with Crippen molar-refractivity contribution in [2.75, 3.05) is 6.16 Å². The summed E-state index contributed by atoms with van der Waals surface area (Å²) < 4.78 is 0. The average molecular weight is 231 g/mol. The van der Waals surface area contributed by atoms with Crippen molar-refractivity contribution in [2.45, 2.75) is 32.9 Å². The predicted molar refractivity (Wildman–Crippen MR) is 78.3 cm³/mol. The Hall–Kier alpha value is -0.545. The molecule has 16 heavy (non-hydrogen) atoms. The number of hydrogen-bond acceptors (Lipinski definition) is 0. The molecule has 1 unspecified atom stereocenters. The van der Waals surface area contributed by atoms with Crippen LogP contribution in [-0.2, 0) is 0 Å². The van der Waals surface area contributed by atoms with Crippen molar-refractivity contribution in [2.24, 2.45) is 0 Å². The molecule has 0 aliphatic rings. The highest BCUT2D eigenvalue weighted by Crippen LogP contribution is 2.63. The van der Waals surface area contributed by atoms with Crippen LogP contribution in [-0.4, -0.2) is 18.9 Å². The highest BCUT2D eigenvalue weighted by atomic mass is 31.2. The molecule has 0 saturated heterocycles. The van der Waals surface area contributed by atoms with Gasteiger partial charge in [-0.2, -0.15) is 0 Å². The zero-order chi connectivity index (χ0) is 12.4. The van der Waals surface area contributed by atoms with E-state index in [0.29, 0.717) is 0 Å². The minimum Gasteiger partial charge on any atom is -0.0996 e. The van der Waals surface area contributed by atoms with E-state index in [1.165, 1.54) is 10.9 Å². The van der Waals surface area contributed by atoms with Crippen LogP contribution >= 0.6 is 7.14 Å². The minimum absolute atomic E-state index is 0.118. The number of benzene rings is 1. The van der Waals surface area contributed by atoms with Gasteiger partial charge in [-0.1, -0.05) is 30.9 Å².